The normalized spacial score (nSPS) is 20.4. The smallest absolute Gasteiger partial charge is 0.255 e. The maximum atomic E-state index is 12.8. The first-order valence-corrected chi connectivity index (χ1v) is 10.2. The van der Waals surface area contributed by atoms with E-state index in [2.05, 4.69) is 28.9 Å². The molecule has 0 saturated carbocycles. The van der Waals surface area contributed by atoms with Gasteiger partial charge in [0.1, 0.15) is 0 Å². The number of pyridine rings is 1. The van der Waals surface area contributed by atoms with Crippen molar-refractivity contribution in [2.24, 2.45) is 0 Å². The van der Waals surface area contributed by atoms with E-state index in [1.807, 2.05) is 11.6 Å². The second-order valence-corrected chi connectivity index (χ2v) is 8.18. The van der Waals surface area contributed by atoms with Gasteiger partial charge in [-0.25, -0.2) is 0 Å². The number of carbonyl (C=O) groups is 1. The summed E-state index contributed by atoms with van der Waals surface area (Å²) in [6.07, 6.45) is 4.21. The number of β-amino-alcohol motifs (C(OH)–C–C–N with tert-alkyl or cyclic N) is 1. The third-order valence-electron chi connectivity index (χ3n) is 5.39. The molecular formula is C20H25N3O2S. The van der Waals surface area contributed by atoms with E-state index in [9.17, 15) is 9.90 Å². The van der Waals surface area contributed by atoms with Crippen molar-refractivity contribution in [1.29, 1.82) is 0 Å². The first-order chi connectivity index (χ1) is 12.6. The first-order valence-electron chi connectivity index (χ1n) is 9.36. The molecule has 0 aromatic carbocycles. The molecular weight excluding hydrogens is 346 g/mol. The van der Waals surface area contributed by atoms with Crippen LogP contribution in [0, 0.1) is 0 Å². The molecule has 138 valence electrons. The van der Waals surface area contributed by atoms with Crippen LogP contribution in [0.4, 0.5) is 0 Å². The second kappa shape index (κ2) is 7.47. The van der Waals surface area contributed by atoms with Gasteiger partial charge in [-0.1, -0.05) is 13.0 Å². The predicted octanol–water partition coefficient (Wildman–Crippen LogP) is 2.47. The van der Waals surface area contributed by atoms with E-state index >= 15 is 0 Å². The number of aliphatic hydroxyl groups excluding tert-OH is 1. The van der Waals surface area contributed by atoms with E-state index in [0.717, 1.165) is 43.7 Å². The highest BCUT2D eigenvalue weighted by Gasteiger charge is 2.30. The van der Waals surface area contributed by atoms with Crippen LogP contribution < -0.4 is 0 Å². The number of hydrogen-bond donors (Lipinski definition) is 1. The van der Waals surface area contributed by atoms with Crippen molar-refractivity contribution >= 4 is 17.2 Å². The lowest BCUT2D eigenvalue weighted by molar-refractivity contribution is 0.0763. The molecule has 0 bridgehead atoms. The van der Waals surface area contributed by atoms with Crippen molar-refractivity contribution in [1.82, 2.24) is 14.8 Å². The Balaban J connectivity index is 1.43. The van der Waals surface area contributed by atoms with Crippen LogP contribution in [-0.2, 0) is 25.9 Å². The summed E-state index contributed by atoms with van der Waals surface area (Å²) in [5, 5.41) is 11.7. The number of thiophene rings is 1. The fraction of sp³-hybridized carbons (Fsp3) is 0.500. The Kier molecular flexibility index (Phi) is 5.07. The Hall–Kier alpha value is -1.76. The quantitative estimate of drug-likeness (QED) is 0.897. The molecule has 1 N–H and O–H groups in total. The van der Waals surface area contributed by atoms with Crippen LogP contribution in [0.15, 0.2) is 23.7 Å². The van der Waals surface area contributed by atoms with Crippen molar-refractivity contribution in [3.05, 3.63) is 51.0 Å². The molecule has 2 aliphatic rings. The van der Waals surface area contributed by atoms with Gasteiger partial charge in [0.25, 0.3) is 5.91 Å². The second-order valence-electron chi connectivity index (χ2n) is 7.22. The molecule has 1 atom stereocenters. The van der Waals surface area contributed by atoms with Crippen LogP contribution in [0.3, 0.4) is 0 Å². The molecule has 1 saturated heterocycles. The minimum atomic E-state index is -0.365. The third kappa shape index (κ3) is 3.54. The fourth-order valence-electron chi connectivity index (χ4n) is 3.78. The zero-order chi connectivity index (χ0) is 18.1. The highest BCUT2D eigenvalue weighted by molar-refractivity contribution is 7.10. The summed E-state index contributed by atoms with van der Waals surface area (Å²) in [5.74, 6) is 0.0873. The van der Waals surface area contributed by atoms with Crippen molar-refractivity contribution in [3.8, 4) is 0 Å². The van der Waals surface area contributed by atoms with Crippen molar-refractivity contribution in [2.75, 3.05) is 19.6 Å². The third-order valence-corrected chi connectivity index (χ3v) is 6.40. The van der Waals surface area contributed by atoms with Crippen LogP contribution in [0.5, 0.6) is 0 Å². The molecule has 5 nitrogen and oxygen atoms in total. The Morgan fingerprint density at radius 1 is 1.38 bits per heavy atom. The summed E-state index contributed by atoms with van der Waals surface area (Å²) >= 11 is 1.69. The van der Waals surface area contributed by atoms with E-state index < -0.39 is 0 Å². The van der Waals surface area contributed by atoms with Gasteiger partial charge in [0.2, 0.25) is 0 Å². The number of nitrogens with zero attached hydrogens (tertiary/aromatic N) is 3. The number of fused-ring (bicyclic) bond motifs is 1. The number of aryl methyl sites for hydroxylation is 1. The van der Waals surface area contributed by atoms with Crippen molar-refractivity contribution in [3.63, 3.8) is 0 Å². The summed E-state index contributed by atoms with van der Waals surface area (Å²) in [7, 11) is 0. The van der Waals surface area contributed by atoms with E-state index in [4.69, 9.17) is 0 Å². The van der Waals surface area contributed by atoms with Crippen LogP contribution >= 0.6 is 11.3 Å². The van der Waals surface area contributed by atoms with Crippen LogP contribution in [0.25, 0.3) is 0 Å². The molecule has 0 aliphatic carbocycles. The number of aliphatic hydroxyl groups is 1. The maximum Gasteiger partial charge on any atom is 0.255 e. The van der Waals surface area contributed by atoms with Crippen LogP contribution in [0.2, 0.25) is 0 Å². The molecule has 2 aromatic rings. The van der Waals surface area contributed by atoms with Gasteiger partial charge in [0.05, 0.1) is 17.4 Å². The Labute approximate surface area is 158 Å². The zero-order valence-electron chi connectivity index (χ0n) is 15.1. The largest absolute Gasteiger partial charge is 0.391 e. The Morgan fingerprint density at radius 3 is 2.96 bits per heavy atom. The maximum absolute atomic E-state index is 12.8. The van der Waals surface area contributed by atoms with Gasteiger partial charge >= 0.3 is 0 Å². The first kappa shape index (κ1) is 17.6. The van der Waals surface area contributed by atoms with Gasteiger partial charge < -0.3 is 10.0 Å². The molecule has 0 unspecified atom stereocenters. The summed E-state index contributed by atoms with van der Waals surface area (Å²) < 4.78 is 0. The van der Waals surface area contributed by atoms with E-state index in [1.165, 1.54) is 16.0 Å². The number of hydrogen-bond acceptors (Lipinski definition) is 5. The fourth-order valence-corrected chi connectivity index (χ4v) is 4.89. The molecule has 0 spiro atoms. The van der Waals surface area contributed by atoms with Crippen molar-refractivity contribution < 1.29 is 9.90 Å². The number of rotatable bonds is 4. The van der Waals surface area contributed by atoms with Gasteiger partial charge in [0, 0.05) is 49.2 Å². The molecule has 1 fully saturated rings. The highest BCUT2D eigenvalue weighted by atomic mass is 32.1. The minimum absolute atomic E-state index is 0.0873. The van der Waals surface area contributed by atoms with Crippen molar-refractivity contribution in [2.45, 2.75) is 45.4 Å². The number of carbonyl (C=O) groups excluding carboxylic acids is 1. The van der Waals surface area contributed by atoms with Gasteiger partial charge in [-0.2, -0.15) is 0 Å². The average molecular weight is 372 g/mol. The predicted molar refractivity (Wildman–Crippen MR) is 102 cm³/mol. The standard InChI is InChI=1S/C20H25N3O2S/c1-2-14-3-4-15(21-9-14)10-22-7-6-17-18(13-26-19(17)12-22)20(25)23-8-5-16(24)11-23/h3-4,9,13,16,24H,2,5-8,10-12H2,1H3/t16-/m1/s1. The van der Waals surface area contributed by atoms with Gasteiger partial charge in [-0.05, 0) is 36.5 Å². The lowest BCUT2D eigenvalue weighted by Gasteiger charge is -2.27. The summed E-state index contributed by atoms with van der Waals surface area (Å²) in [4.78, 5) is 22.8. The minimum Gasteiger partial charge on any atom is -0.391 e. The number of aromatic nitrogens is 1. The number of likely N-dealkylation sites (tertiary alicyclic amines) is 1. The zero-order valence-corrected chi connectivity index (χ0v) is 16.0. The van der Waals surface area contributed by atoms with E-state index in [0.29, 0.717) is 19.5 Å². The highest BCUT2D eigenvalue weighted by Crippen LogP contribution is 2.30. The lowest BCUT2D eigenvalue weighted by atomic mass is 10.0. The Morgan fingerprint density at radius 2 is 2.27 bits per heavy atom. The molecule has 2 aliphatic heterocycles. The molecule has 0 radical (unpaired) electrons. The van der Waals surface area contributed by atoms with Gasteiger partial charge in [0.15, 0.2) is 0 Å². The van der Waals surface area contributed by atoms with Crippen LogP contribution in [-0.4, -0.2) is 51.5 Å². The number of amides is 1. The van der Waals surface area contributed by atoms with Gasteiger partial charge in [-0.15, -0.1) is 11.3 Å². The summed E-state index contributed by atoms with van der Waals surface area (Å²) in [5.41, 5.74) is 4.43. The molecule has 6 heteroatoms. The monoisotopic (exact) mass is 371 g/mol. The Bertz CT molecular complexity index is 787. The molecule has 26 heavy (non-hydrogen) atoms. The average Bonchev–Trinajstić information content (AvgIpc) is 3.28. The summed E-state index contributed by atoms with van der Waals surface area (Å²) in [6, 6.07) is 4.28. The lowest BCUT2D eigenvalue weighted by Crippen LogP contribution is -2.33. The summed E-state index contributed by atoms with van der Waals surface area (Å²) in [6.45, 7) is 5.95. The molecule has 2 aromatic heterocycles. The van der Waals surface area contributed by atoms with E-state index in [-0.39, 0.29) is 12.0 Å². The topological polar surface area (TPSA) is 56.7 Å². The molecule has 4 rings (SSSR count). The van der Waals surface area contributed by atoms with Gasteiger partial charge in [-0.3, -0.25) is 14.7 Å². The molecule has 1 amide bonds. The van der Waals surface area contributed by atoms with Crippen LogP contribution in [0.1, 0.15) is 45.4 Å². The SMILES string of the molecule is CCc1ccc(CN2CCc3c(C(=O)N4CC[C@@H](O)C4)csc3C2)nc1. The molecule has 4 heterocycles. The van der Waals surface area contributed by atoms with E-state index in [1.54, 1.807) is 16.2 Å².